The number of piperazine rings is 1. The van der Waals surface area contributed by atoms with E-state index >= 15 is 0 Å². The first-order chi connectivity index (χ1) is 10.1. The Hall–Kier alpha value is -0.860. The Kier molecular flexibility index (Phi) is 4.11. The molecule has 1 heterocycles. The number of benzene rings is 1. The van der Waals surface area contributed by atoms with E-state index in [2.05, 4.69) is 61.3 Å². The van der Waals surface area contributed by atoms with Crippen LogP contribution in [0.2, 0.25) is 0 Å². The summed E-state index contributed by atoms with van der Waals surface area (Å²) in [5.74, 6) is 0. The van der Waals surface area contributed by atoms with Crippen LogP contribution in [-0.2, 0) is 5.54 Å². The Morgan fingerprint density at radius 1 is 1.19 bits per heavy atom. The molecule has 0 amide bonds. The Morgan fingerprint density at radius 3 is 2.48 bits per heavy atom. The lowest BCUT2D eigenvalue weighted by molar-refractivity contribution is -0.0176. The summed E-state index contributed by atoms with van der Waals surface area (Å²) in [5, 5.41) is 3.91. The van der Waals surface area contributed by atoms with Gasteiger partial charge in [-0.05, 0) is 38.7 Å². The fourth-order valence-electron chi connectivity index (χ4n) is 4.37. The second-order valence-electron chi connectivity index (χ2n) is 7.37. The first-order valence-electron chi connectivity index (χ1n) is 8.67. The van der Waals surface area contributed by atoms with Crippen molar-refractivity contribution in [1.29, 1.82) is 0 Å². The summed E-state index contributed by atoms with van der Waals surface area (Å²) >= 11 is 0. The number of nitrogens with one attached hydrogen (secondary N) is 1. The molecule has 1 aromatic rings. The zero-order valence-electron chi connectivity index (χ0n) is 13.9. The molecule has 2 fully saturated rings. The fourth-order valence-corrected chi connectivity index (χ4v) is 4.37. The van der Waals surface area contributed by atoms with Gasteiger partial charge >= 0.3 is 0 Å². The van der Waals surface area contributed by atoms with Gasteiger partial charge in [-0.15, -0.1) is 0 Å². The van der Waals surface area contributed by atoms with Crippen LogP contribution < -0.4 is 5.32 Å². The SMILES string of the molecule is CCC(C)N1CC(C)(c2ccccc2)NCC12CCCC2. The molecule has 3 rings (SSSR count). The van der Waals surface area contributed by atoms with E-state index in [1.54, 1.807) is 0 Å². The van der Waals surface area contributed by atoms with Crippen LogP contribution in [0, 0.1) is 0 Å². The van der Waals surface area contributed by atoms with Crippen LogP contribution in [0.25, 0.3) is 0 Å². The summed E-state index contributed by atoms with van der Waals surface area (Å²) in [6.45, 7) is 9.39. The van der Waals surface area contributed by atoms with Gasteiger partial charge in [0.1, 0.15) is 0 Å². The van der Waals surface area contributed by atoms with Crippen LogP contribution in [0.4, 0.5) is 0 Å². The molecule has 1 saturated carbocycles. The third kappa shape index (κ3) is 2.64. The highest BCUT2D eigenvalue weighted by atomic mass is 15.3. The number of nitrogens with zero attached hydrogens (tertiary/aromatic N) is 1. The highest BCUT2D eigenvalue weighted by molar-refractivity contribution is 5.26. The number of hydrogen-bond acceptors (Lipinski definition) is 2. The molecule has 1 N–H and O–H groups in total. The van der Waals surface area contributed by atoms with E-state index in [9.17, 15) is 0 Å². The van der Waals surface area contributed by atoms with Crippen molar-refractivity contribution < 1.29 is 0 Å². The van der Waals surface area contributed by atoms with Gasteiger partial charge in [-0.25, -0.2) is 0 Å². The summed E-state index contributed by atoms with van der Waals surface area (Å²) in [6.07, 6.45) is 6.78. The van der Waals surface area contributed by atoms with Gasteiger partial charge in [0.25, 0.3) is 0 Å². The highest BCUT2D eigenvalue weighted by Gasteiger charge is 2.48. The van der Waals surface area contributed by atoms with Gasteiger partial charge in [-0.2, -0.15) is 0 Å². The van der Waals surface area contributed by atoms with Crippen molar-refractivity contribution >= 4 is 0 Å². The quantitative estimate of drug-likeness (QED) is 0.906. The van der Waals surface area contributed by atoms with Crippen LogP contribution >= 0.6 is 0 Å². The van der Waals surface area contributed by atoms with Crippen molar-refractivity contribution in [2.75, 3.05) is 13.1 Å². The number of rotatable bonds is 3. The maximum atomic E-state index is 3.91. The van der Waals surface area contributed by atoms with Crippen molar-refractivity contribution in [2.45, 2.75) is 70.0 Å². The Morgan fingerprint density at radius 2 is 1.86 bits per heavy atom. The standard InChI is InChI=1S/C19H30N2/c1-4-16(2)21-15-18(3,17-10-6-5-7-11-17)20-14-19(21)12-8-9-13-19/h5-7,10-11,16,20H,4,8-9,12-15H2,1-3H3. The average molecular weight is 286 g/mol. The van der Waals surface area contributed by atoms with Gasteiger partial charge in [0.05, 0.1) is 5.54 Å². The van der Waals surface area contributed by atoms with Gasteiger partial charge in [0.2, 0.25) is 0 Å². The number of hydrogen-bond donors (Lipinski definition) is 1. The topological polar surface area (TPSA) is 15.3 Å². The van der Waals surface area contributed by atoms with E-state index in [1.165, 1.54) is 37.7 Å². The van der Waals surface area contributed by atoms with Gasteiger partial charge < -0.3 is 5.32 Å². The van der Waals surface area contributed by atoms with Crippen LogP contribution in [0.1, 0.15) is 58.4 Å². The Bertz CT molecular complexity index is 464. The molecule has 1 aliphatic heterocycles. The molecule has 1 spiro atoms. The van der Waals surface area contributed by atoms with E-state index in [-0.39, 0.29) is 5.54 Å². The van der Waals surface area contributed by atoms with E-state index in [0.717, 1.165) is 13.1 Å². The molecule has 2 aliphatic rings. The van der Waals surface area contributed by atoms with Crippen LogP contribution in [0.15, 0.2) is 30.3 Å². The summed E-state index contributed by atoms with van der Waals surface area (Å²) in [7, 11) is 0. The molecule has 1 saturated heterocycles. The predicted octanol–water partition coefficient (Wildman–Crippen LogP) is 3.92. The molecule has 2 nitrogen and oxygen atoms in total. The van der Waals surface area contributed by atoms with Crippen LogP contribution in [-0.4, -0.2) is 29.6 Å². The molecular formula is C19H30N2. The van der Waals surface area contributed by atoms with Crippen molar-refractivity contribution in [3.8, 4) is 0 Å². The lowest BCUT2D eigenvalue weighted by atomic mass is 9.81. The average Bonchev–Trinajstić information content (AvgIpc) is 3.00. The normalized spacial score (nSPS) is 30.6. The third-order valence-corrected chi connectivity index (χ3v) is 5.97. The van der Waals surface area contributed by atoms with E-state index in [0.29, 0.717) is 11.6 Å². The van der Waals surface area contributed by atoms with Crippen molar-refractivity contribution in [3.63, 3.8) is 0 Å². The molecule has 2 heteroatoms. The molecule has 0 radical (unpaired) electrons. The smallest absolute Gasteiger partial charge is 0.0535 e. The van der Waals surface area contributed by atoms with Crippen molar-refractivity contribution in [1.82, 2.24) is 10.2 Å². The van der Waals surface area contributed by atoms with E-state index in [1.807, 2.05) is 0 Å². The molecular weight excluding hydrogens is 256 g/mol. The molecule has 116 valence electrons. The van der Waals surface area contributed by atoms with Crippen LogP contribution in [0.3, 0.4) is 0 Å². The van der Waals surface area contributed by atoms with Crippen LogP contribution in [0.5, 0.6) is 0 Å². The molecule has 1 aliphatic carbocycles. The molecule has 0 bridgehead atoms. The van der Waals surface area contributed by atoms with Crippen molar-refractivity contribution in [2.24, 2.45) is 0 Å². The van der Waals surface area contributed by atoms with Gasteiger partial charge in [0, 0.05) is 24.7 Å². The predicted molar refractivity (Wildman–Crippen MR) is 89.5 cm³/mol. The Labute approximate surface area is 129 Å². The molecule has 2 unspecified atom stereocenters. The second kappa shape index (κ2) is 5.73. The lowest BCUT2D eigenvalue weighted by Gasteiger charge is -2.55. The van der Waals surface area contributed by atoms with Gasteiger partial charge in [-0.3, -0.25) is 4.90 Å². The molecule has 0 aromatic heterocycles. The first kappa shape index (κ1) is 15.1. The maximum absolute atomic E-state index is 3.91. The minimum Gasteiger partial charge on any atom is -0.305 e. The van der Waals surface area contributed by atoms with Crippen molar-refractivity contribution in [3.05, 3.63) is 35.9 Å². The minimum absolute atomic E-state index is 0.0819. The third-order valence-electron chi connectivity index (χ3n) is 5.97. The summed E-state index contributed by atoms with van der Waals surface area (Å²) in [5.41, 5.74) is 1.92. The first-order valence-corrected chi connectivity index (χ1v) is 8.67. The summed E-state index contributed by atoms with van der Waals surface area (Å²) < 4.78 is 0. The van der Waals surface area contributed by atoms with E-state index < -0.39 is 0 Å². The maximum Gasteiger partial charge on any atom is 0.0535 e. The monoisotopic (exact) mass is 286 g/mol. The zero-order valence-corrected chi connectivity index (χ0v) is 13.9. The van der Waals surface area contributed by atoms with Gasteiger partial charge in [-0.1, -0.05) is 50.1 Å². The largest absolute Gasteiger partial charge is 0.305 e. The fraction of sp³-hybridized carbons (Fsp3) is 0.684. The molecule has 2 atom stereocenters. The van der Waals surface area contributed by atoms with Gasteiger partial charge in [0.15, 0.2) is 0 Å². The Balaban J connectivity index is 1.89. The second-order valence-corrected chi connectivity index (χ2v) is 7.37. The summed E-state index contributed by atoms with van der Waals surface area (Å²) in [6, 6.07) is 11.7. The zero-order chi connectivity index (χ0) is 14.9. The molecule has 21 heavy (non-hydrogen) atoms. The highest BCUT2D eigenvalue weighted by Crippen LogP contribution is 2.42. The lowest BCUT2D eigenvalue weighted by Crippen LogP contribution is -2.68. The van der Waals surface area contributed by atoms with E-state index in [4.69, 9.17) is 0 Å². The molecule has 1 aromatic carbocycles. The summed E-state index contributed by atoms with van der Waals surface area (Å²) in [4.78, 5) is 2.84. The minimum atomic E-state index is 0.0819.